The number of rotatable bonds is 5. The molecule has 1 aliphatic carbocycles. The van der Waals surface area contributed by atoms with E-state index in [9.17, 15) is 0 Å². The molecule has 2 N–H and O–H groups in total. The van der Waals surface area contributed by atoms with Gasteiger partial charge in [0.1, 0.15) is 5.75 Å². The second-order valence-corrected chi connectivity index (χ2v) is 11.8. The van der Waals surface area contributed by atoms with E-state index in [1.165, 1.54) is 34.7 Å². The van der Waals surface area contributed by atoms with Gasteiger partial charge in [0.15, 0.2) is 0 Å². The van der Waals surface area contributed by atoms with E-state index in [0.29, 0.717) is 11.8 Å². The lowest BCUT2D eigenvalue weighted by molar-refractivity contribution is 0.464. The molecule has 6 rings (SSSR count). The van der Waals surface area contributed by atoms with Crippen molar-refractivity contribution in [2.45, 2.75) is 24.7 Å². The van der Waals surface area contributed by atoms with E-state index in [1.54, 1.807) is 0 Å². The third-order valence-corrected chi connectivity index (χ3v) is 9.45. The average molecular weight is 540 g/mol. The summed E-state index contributed by atoms with van der Waals surface area (Å²) < 4.78 is 10.8. The van der Waals surface area contributed by atoms with Gasteiger partial charge in [-0.2, -0.15) is 0 Å². The van der Waals surface area contributed by atoms with Crippen molar-refractivity contribution >= 4 is 50.9 Å². The van der Waals surface area contributed by atoms with Crippen LogP contribution >= 0.6 is 28.6 Å². The number of dihydropyridines is 1. The van der Waals surface area contributed by atoms with Gasteiger partial charge < -0.3 is 15.4 Å². The number of nitrogens with one attached hydrogen (secondary N) is 2. The van der Waals surface area contributed by atoms with Crippen LogP contribution in [0.1, 0.15) is 19.8 Å². The maximum absolute atomic E-state index is 6.20. The van der Waals surface area contributed by atoms with Crippen LogP contribution in [0.25, 0.3) is 10.9 Å². The number of halogens is 1. The molecule has 0 amide bonds. The molecule has 0 spiro atoms. The summed E-state index contributed by atoms with van der Waals surface area (Å²) >= 11 is -0.165. The zero-order chi connectivity index (χ0) is 20.8. The van der Waals surface area contributed by atoms with Gasteiger partial charge in [-0.25, -0.2) is 8.13 Å². The topological polar surface area (TPSA) is 58.5 Å². The van der Waals surface area contributed by atoms with Crippen molar-refractivity contribution in [2.24, 2.45) is 9.06 Å². The maximum Gasteiger partial charge on any atom is 0.221 e. The first-order chi connectivity index (χ1) is 15.2. The minimum absolute atomic E-state index is 0.165. The van der Waals surface area contributed by atoms with Gasteiger partial charge in [-0.3, -0.25) is 0 Å². The first-order valence-electron chi connectivity index (χ1n) is 10.4. The van der Waals surface area contributed by atoms with Crippen molar-refractivity contribution in [2.75, 3.05) is 11.9 Å². The molecule has 3 aliphatic rings. The maximum atomic E-state index is 6.20. The molecule has 0 radical (unpaired) electrons. The fourth-order valence-corrected chi connectivity index (χ4v) is 7.56. The molecule has 0 atom stereocenters. The van der Waals surface area contributed by atoms with Crippen molar-refractivity contribution in [3.8, 4) is 11.6 Å². The van der Waals surface area contributed by atoms with Crippen LogP contribution in [0.15, 0.2) is 79.6 Å². The smallest absolute Gasteiger partial charge is 0.221 e. The molecule has 2 aromatic carbocycles. The molecular formula is C24H21IN4OS. The summed E-state index contributed by atoms with van der Waals surface area (Å²) in [4.78, 5) is 5.97. The SMILES string of the molecule is CC1=C(Nc2cc(Oc3ccc4c(c3)SI=N4)nc3ccccc23)C=C(C2CC2)NC1. The van der Waals surface area contributed by atoms with Crippen LogP contribution in [-0.2, 0) is 0 Å². The minimum atomic E-state index is -0.165. The molecule has 0 unspecified atom stereocenters. The van der Waals surface area contributed by atoms with E-state index in [-0.39, 0.29) is 19.6 Å². The average Bonchev–Trinajstić information content (AvgIpc) is 3.53. The molecule has 1 saturated carbocycles. The molecule has 5 nitrogen and oxygen atoms in total. The van der Waals surface area contributed by atoms with Crippen LogP contribution in [0.4, 0.5) is 11.4 Å². The van der Waals surface area contributed by atoms with Gasteiger partial charge in [0.2, 0.25) is 5.88 Å². The zero-order valence-corrected chi connectivity index (χ0v) is 20.0. The number of para-hydroxylation sites is 1. The van der Waals surface area contributed by atoms with Crippen LogP contribution in [0.2, 0.25) is 0 Å². The number of allylic oxidation sites excluding steroid dienone is 2. The summed E-state index contributed by atoms with van der Waals surface area (Å²) in [5.41, 5.74) is 6.84. The summed E-state index contributed by atoms with van der Waals surface area (Å²) in [7, 11) is 1.84. The van der Waals surface area contributed by atoms with Crippen LogP contribution in [0, 0.1) is 5.92 Å². The van der Waals surface area contributed by atoms with Gasteiger partial charge in [0, 0.05) is 34.3 Å². The third kappa shape index (κ3) is 3.96. The first kappa shape index (κ1) is 19.3. The van der Waals surface area contributed by atoms with Crippen molar-refractivity contribution in [3.05, 3.63) is 71.6 Å². The largest absolute Gasteiger partial charge is 0.439 e. The van der Waals surface area contributed by atoms with Crippen LogP contribution in [-0.4, -0.2) is 11.5 Å². The Labute approximate surface area is 194 Å². The van der Waals surface area contributed by atoms with Crippen LogP contribution in [0.3, 0.4) is 0 Å². The van der Waals surface area contributed by atoms with Crippen molar-refractivity contribution < 1.29 is 4.74 Å². The molecule has 3 heterocycles. The molecule has 1 aromatic heterocycles. The first-order valence-corrected chi connectivity index (χ1v) is 14.7. The van der Waals surface area contributed by atoms with Gasteiger partial charge >= 0.3 is 0 Å². The molecule has 3 aromatic rings. The molecule has 1 fully saturated rings. The second kappa shape index (κ2) is 7.94. The fraction of sp³-hybridized carbons (Fsp3) is 0.208. The Balaban J connectivity index is 1.35. The highest BCUT2D eigenvalue weighted by atomic mass is 127. The van der Waals surface area contributed by atoms with Gasteiger partial charge in [-0.1, -0.05) is 18.2 Å². The number of fused-ring (bicyclic) bond motifs is 2. The van der Waals surface area contributed by atoms with Crippen LogP contribution in [0.5, 0.6) is 11.6 Å². The molecule has 156 valence electrons. The Kier molecular flexibility index (Phi) is 4.95. The second-order valence-electron chi connectivity index (χ2n) is 8.03. The van der Waals surface area contributed by atoms with Gasteiger partial charge in [-0.15, -0.1) is 0 Å². The lowest BCUT2D eigenvalue weighted by Gasteiger charge is -2.22. The Bertz CT molecular complexity index is 1300. The normalized spacial score (nSPS) is 17.6. The number of ether oxygens (including phenoxy) is 1. The predicted octanol–water partition coefficient (Wildman–Crippen LogP) is 7.42. The number of hydrogen-bond acceptors (Lipinski definition) is 6. The molecule has 0 saturated heterocycles. The van der Waals surface area contributed by atoms with E-state index >= 15 is 0 Å². The Morgan fingerprint density at radius 3 is 2.97 bits per heavy atom. The Morgan fingerprint density at radius 1 is 1.16 bits per heavy atom. The Morgan fingerprint density at radius 2 is 2.06 bits per heavy atom. The van der Waals surface area contributed by atoms with E-state index in [0.717, 1.165) is 34.6 Å². The lowest BCUT2D eigenvalue weighted by atomic mass is 10.1. The third-order valence-electron chi connectivity index (χ3n) is 5.69. The number of aromatic nitrogens is 1. The number of hydrogen-bond donors (Lipinski definition) is 2. The molecule has 31 heavy (non-hydrogen) atoms. The quantitative estimate of drug-likeness (QED) is 0.330. The number of nitrogens with zero attached hydrogens (tertiary/aromatic N) is 2. The number of anilines is 1. The van der Waals surface area contributed by atoms with Crippen molar-refractivity contribution in [1.82, 2.24) is 10.3 Å². The van der Waals surface area contributed by atoms with Gasteiger partial charge in [0.25, 0.3) is 0 Å². The van der Waals surface area contributed by atoms with Crippen molar-refractivity contribution in [3.63, 3.8) is 0 Å². The molecule has 0 bridgehead atoms. The van der Waals surface area contributed by atoms with E-state index in [2.05, 4.69) is 45.0 Å². The molecular weight excluding hydrogens is 519 g/mol. The van der Waals surface area contributed by atoms with Gasteiger partial charge in [0.05, 0.1) is 36.5 Å². The fourth-order valence-electron chi connectivity index (χ4n) is 3.81. The summed E-state index contributed by atoms with van der Waals surface area (Å²) in [5.74, 6) is 2.09. The highest BCUT2D eigenvalue weighted by molar-refractivity contribution is 14.2. The lowest BCUT2D eigenvalue weighted by Crippen LogP contribution is -2.24. The minimum Gasteiger partial charge on any atom is -0.439 e. The standard InChI is InChI=1S/C24H21IN4OS/c1-14-13-26-21(15-6-7-15)11-20(14)27-22-12-24(28-18-5-3-2-4-17(18)22)30-16-8-9-19-23(10-16)31-25-29-19/h2-5,8-12,15,26H,6-7,13H2,1H3,(H,27,28). The number of benzene rings is 2. The summed E-state index contributed by atoms with van der Waals surface area (Å²) in [5, 5.41) is 8.34. The molecule has 7 heteroatoms. The van der Waals surface area contributed by atoms with E-state index in [4.69, 9.17) is 9.72 Å². The van der Waals surface area contributed by atoms with Crippen molar-refractivity contribution in [1.29, 1.82) is 0 Å². The Hall–Kier alpha value is -2.39. The van der Waals surface area contributed by atoms with E-state index in [1.807, 2.05) is 39.3 Å². The molecule has 2 aliphatic heterocycles. The summed E-state index contributed by atoms with van der Waals surface area (Å²) in [6, 6.07) is 16.3. The summed E-state index contributed by atoms with van der Waals surface area (Å²) in [6.07, 6.45) is 4.85. The van der Waals surface area contributed by atoms with Gasteiger partial charge in [-0.05, 0) is 70.5 Å². The van der Waals surface area contributed by atoms with E-state index < -0.39 is 0 Å². The number of pyridine rings is 1. The van der Waals surface area contributed by atoms with Crippen LogP contribution < -0.4 is 15.4 Å². The summed E-state index contributed by atoms with van der Waals surface area (Å²) in [6.45, 7) is 3.06. The monoisotopic (exact) mass is 540 g/mol. The zero-order valence-electron chi connectivity index (χ0n) is 17.0. The highest BCUT2D eigenvalue weighted by Gasteiger charge is 2.28. The predicted molar refractivity (Wildman–Crippen MR) is 135 cm³/mol. The highest BCUT2D eigenvalue weighted by Crippen LogP contribution is 2.49.